The van der Waals surface area contributed by atoms with Crippen molar-refractivity contribution in [3.05, 3.63) is 53.1 Å². The highest BCUT2D eigenvalue weighted by molar-refractivity contribution is 6.31. The number of amides is 1. The summed E-state index contributed by atoms with van der Waals surface area (Å²) in [6.45, 7) is 1.66. The summed E-state index contributed by atoms with van der Waals surface area (Å²) < 4.78 is 17.0. The van der Waals surface area contributed by atoms with E-state index in [0.29, 0.717) is 68.1 Å². The largest absolute Gasteiger partial charge is 0.497 e. The smallest absolute Gasteiger partial charge is 0.222 e. The zero-order valence-electron chi connectivity index (χ0n) is 17.6. The van der Waals surface area contributed by atoms with Crippen LogP contribution in [0.4, 0.5) is 0 Å². The molecule has 0 bridgehead atoms. The van der Waals surface area contributed by atoms with Gasteiger partial charge in [-0.05, 0) is 48.9 Å². The van der Waals surface area contributed by atoms with Crippen molar-refractivity contribution in [2.75, 3.05) is 26.8 Å². The first kappa shape index (κ1) is 21.5. The number of Topliss-reactive ketones (excluding diaryl/α,β-unsaturated/α-hetero) is 1. The van der Waals surface area contributed by atoms with Crippen LogP contribution in [0.25, 0.3) is 0 Å². The highest BCUT2D eigenvalue weighted by Gasteiger charge is 2.43. The van der Waals surface area contributed by atoms with Crippen molar-refractivity contribution >= 4 is 23.3 Å². The van der Waals surface area contributed by atoms with Crippen molar-refractivity contribution in [2.45, 2.75) is 37.7 Å². The van der Waals surface area contributed by atoms with Crippen LogP contribution in [0.15, 0.2) is 42.5 Å². The fraction of sp³-hybridized carbons (Fsp3) is 0.417. The molecule has 0 atom stereocenters. The first-order chi connectivity index (χ1) is 15.0. The van der Waals surface area contributed by atoms with E-state index in [9.17, 15) is 9.59 Å². The van der Waals surface area contributed by atoms with Gasteiger partial charge in [-0.1, -0.05) is 11.6 Å². The second-order valence-electron chi connectivity index (χ2n) is 8.03. The number of ketones is 1. The van der Waals surface area contributed by atoms with E-state index in [4.69, 9.17) is 25.8 Å². The Morgan fingerprint density at radius 3 is 2.55 bits per heavy atom. The lowest BCUT2D eigenvalue weighted by atomic mass is 9.82. The van der Waals surface area contributed by atoms with Crippen LogP contribution in [0, 0.1) is 0 Å². The van der Waals surface area contributed by atoms with Crippen LogP contribution in [0.2, 0.25) is 5.02 Å². The van der Waals surface area contributed by atoms with E-state index in [0.717, 1.165) is 11.5 Å². The summed E-state index contributed by atoms with van der Waals surface area (Å²) in [6.07, 6.45) is 2.71. The molecule has 1 fully saturated rings. The van der Waals surface area contributed by atoms with E-state index in [1.54, 1.807) is 25.3 Å². The molecule has 31 heavy (non-hydrogen) atoms. The van der Waals surface area contributed by atoms with Gasteiger partial charge in [0.15, 0.2) is 5.78 Å². The summed E-state index contributed by atoms with van der Waals surface area (Å²) >= 11 is 6.01. The van der Waals surface area contributed by atoms with Crippen LogP contribution >= 0.6 is 11.6 Å². The molecular weight excluding hydrogens is 418 g/mol. The Morgan fingerprint density at radius 1 is 1.13 bits per heavy atom. The number of piperidine rings is 1. The van der Waals surface area contributed by atoms with Gasteiger partial charge < -0.3 is 19.1 Å². The summed E-state index contributed by atoms with van der Waals surface area (Å²) in [4.78, 5) is 27.1. The Hall–Kier alpha value is -2.73. The molecule has 0 aliphatic carbocycles. The summed E-state index contributed by atoms with van der Waals surface area (Å²) in [5.74, 6) is 2.30. The minimum Gasteiger partial charge on any atom is -0.497 e. The molecule has 0 saturated carbocycles. The van der Waals surface area contributed by atoms with E-state index in [1.807, 2.05) is 29.2 Å². The molecule has 2 aliphatic heterocycles. The number of hydrogen-bond acceptors (Lipinski definition) is 5. The maximum absolute atomic E-state index is 12.6. The Bertz CT molecular complexity index is 951. The van der Waals surface area contributed by atoms with Crippen LogP contribution < -0.4 is 14.2 Å². The highest BCUT2D eigenvalue weighted by Crippen LogP contribution is 2.40. The van der Waals surface area contributed by atoms with Gasteiger partial charge in [-0.3, -0.25) is 9.59 Å². The van der Waals surface area contributed by atoms with Gasteiger partial charge >= 0.3 is 0 Å². The highest BCUT2D eigenvalue weighted by atomic mass is 35.5. The second-order valence-corrected chi connectivity index (χ2v) is 8.47. The molecule has 7 heteroatoms. The number of ether oxygens (including phenoxy) is 3. The number of nitrogens with zero attached hydrogens (tertiary/aromatic N) is 1. The van der Waals surface area contributed by atoms with Crippen molar-refractivity contribution in [3.8, 4) is 17.2 Å². The SMILES string of the molecule is COc1ccc(OCCCC(=O)N2CCC3(CC2)CC(=O)c2cc(Cl)ccc2O3)cc1. The standard InChI is InChI=1S/C24H26ClNO5/c1-29-18-5-7-19(8-6-18)30-14-2-3-23(28)26-12-10-24(11-13-26)16-21(27)20-15-17(25)4-9-22(20)31-24/h4-9,15H,2-3,10-14,16H2,1H3. The zero-order chi connectivity index (χ0) is 21.8. The zero-order valence-corrected chi connectivity index (χ0v) is 18.3. The fourth-order valence-electron chi connectivity index (χ4n) is 4.15. The van der Waals surface area contributed by atoms with Gasteiger partial charge in [-0.2, -0.15) is 0 Å². The second kappa shape index (κ2) is 9.18. The van der Waals surface area contributed by atoms with Crippen LogP contribution in [0.3, 0.4) is 0 Å². The molecule has 4 rings (SSSR count). The van der Waals surface area contributed by atoms with Crippen LogP contribution in [0.1, 0.15) is 42.5 Å². The quantitative estimate of drug-likeness (QED) is 0.613. The molecule has 0 radical (unpaired) electrons. The van der Waals surface area contributed by atoms with Crippen LogP contribution in [0.5, 0.6) is 17.2 Å². The molecule has 1 spiro atoms. The van der Waals surface area contributed by atoms with E-state index >= 15 is 0 Å². The lowest BCUT2D eigenvalue weighted by Gasteiger charge is -2.44. The minimum atomic E-state index is -0.522. The Morgan fingerprint density at radius 2 is 1.84 bits per heavy atom. The van der Waals surface area contributed by atoms with Crippen molar-refractivity contribution in [3.63, 3.8) is 0 Å². The maximum Gasteiger partial charge on any atom is 0.222 e. The monoisotopic (exact) mass is 443 g/mol. The molecule has 1 amide bonds. The van der Waals surface area contributed by atoms with Crippen molar-refractivity contribution in [1.82, 2.24) is 4.90 Å². The van der Waals surface area contributed by atoms with Gasteiger partial charge in [-0.25, -0.2) is 0 Å². The van der Waals surface area contributed by atoms with Gasteiger partial charge in [0.1, 0.15) is 22.8 Å². The summed E-state index contributed by atoms with van der Waals surface area (Å²) in [5, 5.41) is 0.531. The number of carbonyl (C=O) groups excluding carboxylic acids is 2. The Balaban J connectivity index is 1.23. The predicted octanol–water partition coefficient (Wildman–Crippen LogP) is 4.53. The number of benzene rings is 2. The van der Waals surface area contributed by atoms with E-state index in [2.05, 4.69) is 0 Å². The molecule has 2 aromatic carbocycles. The minimum absolute atomic E-state index is 0.0548. The number of methoxy groups -OCH3 is 1. The summed E-state index contributed by atoms with van der Waals surface area (Å²) in [6, 6.07) is 12.5. The van der Waals surface area contributed by atoms with Gasteiger partial charge in [0.25, 0.3) is 0 Å². The molecule has 0 N–H and O–H groups in total. The number of hydrogen-bond donors (Lipinski definition) is 0. The molecule has 164 valence electrons. The van der Waals surface area contributed by atoms with Crippen molar-refractivity contribution < 1.29 is 23.8 Å². The molecule has 6 nitrogen and oxygen atoms in total. The first-order valence-electron chi connectivity index (χ1n) is 10.5. The molecule has 2 aliphatic rings. The van der Waals surface area contributed by atoms with Crippen LogP contribution in [-0.4, -0.2) is 49.0 Å². The predicted molar refractivity (Wildman–Crippen MR) is 117 cm³/mol. The topological polar surface area (TPSA) is 65.1 Å². The Labute approximate surface area is 187 Å². The van der Waals surface area contributed by atoms with E-state index < -0.39 is 5.60 Å². The molecule has 0 unspecified atom stereocenters. The fourth-order valence-corrected chi connectivity index (χ4v) is 4.32. The number of carbonyl (C=O) groups is 2. The van der Waals surface area contributed by atoms with Crippen LogP contribution in [-0.2, 0) is 4.79 Å². The van der Waals surface area contributed by atoms with Gasteiger partial charge in [0.05, 0.1) is 25.7 Å². The van der Waals surface area contributed by atoms with Crippen molar-refractivity contribution in [1.29, 1.82) is 0 Å². The lowest BCUT2D eigenvalue weighted by molar-refractivity contribution is -0.135. The third-order valence-corrected chi connectivity index (χ3v) is 6.18. The molecule has 1 saturated heterocycles. The normalized spacial score (nSPS) is 17.1. The molecule has 0 aromatic heterocycles. The molecule has 2 aromatic rings. The first-order valence-corrected chi connectivity index (χ1v) is 10.9. The summed E-state index contributed by atoms with van der Waals surface area (Å²) in [5.41, 5.74) is 0.0279. The number of halogens is 1. The third-order valence-electron chi connectivity index (χ3n) is 5.94. The summed E-state index contributed by atoms with van der Waals surface area (Å²) in [7, 11) is 1.62. The van der Waals surface area contributed by atoms with E-state index in [-0.39, 0.29) is 11.7 Å². The van der Waals surface area contributed by atoms with Gasteiger partial charge in [-0.15, -0.1) is 0 Å². The number of rotatable bonds is 6. The van der Waals surface area contributed by atoms with Gasteiger partial charge in [0.2, 0.25) is 5.91 Å². The Kier molecular flexibility index (Phi) is 6.37. The molecular formula is C24H26ClNO5. The van der Waals surface area contributed by atoms with E-state index in [1.165, 1.54) is 0 Å². The number of likely N-dealkylation sites (tertiary alicyclic amines) is 1. The number of fused-ring (bicyclic) bond motifs is 1. The molecule has 2 heterocycles. The lowest BCUT2D eigenvalue weighted by Crippen LogP contribution is -2.52. The average molecular weight is 444 g/mol. The maximum atomic E-state index is 12.6. The third kappa shape index (κ3) is 4.96. The van der Waals surface area contributed by atoms with Gasteiger partial charge in [0, 0.05) is 37.4 Å². The van der Waals surface area contributed by atoms with Crippen molar-refractivity contribution in [2.24, 2.45) is 0 Å². The average Bonchev–Trinajstić information content (AvgIpc) is 2.78.